The normalized spacial score (nSPS) is 11.0. The Morgan fingerprint density at radius 3 is 2.66 bits per heavy atom. The molecule has 0 unspecified atom stereocenters. The Kier molecular flexibility index (Phi) is 5.46. The summed E-state index contributed by atoms with van der Waals surface area (Å²) < 4.78 is 16.4. The molecular weight excluding hydrogens is 504 g/mol. The van der Waals surface area contributed by atoms with Gasteiger partial charge in [-0.1, -0.05) is 18.2 Å². The Balaban J connectivity index is 1.69. The van der Waals surface area contributed by atoms with Gasteiger partial charge < -0.3 is 5.32 Å². The SMILES string of the molecule is Cc1c(C(=O)Nc2ccc(I)cc2)sc2ncn(Cc3ccccc3F)c(=O)c12. The molecule has 146 valence electrons. The van der Waals surface area contributed by atoms with Crippen LogP contribution in [0.2, 0.25) is 0 Å². The van der Waals surface area contributed by atoms with Gasteiger partial charge in [0.05, 0.1) is 23.1 Å². The van der Waals surface area contributed by atoms with Gasteiger partial charge in [0.1, 0.15) is 10.6 Å². The first-order valence-corrected chi connectivity index (χ1v) is 10.6. The Bertz CT molecular complexity index is 1280. The fourth-order valence-corrected chi connectivity index (χ4v) is 4.41. The van der Waals surface area contributed by atoms with Crippen molar-refractivity contribution in [1.82, 2.24) is 9.55 Å². The molecule has 8 heteroatoms. The summed E-state index contributed by atoms with van der Waals surface area (Å²) in [5, 5.41) is 3.24. The van der Waals surface area contributed by atoms with Crippen LogP contribution in [0.15, 0.2) is 59.7 Å². The molecule has 4 aromatic rings. The maximum atomic E-state index is 14.0. The van der Waals surface area contributed by atoms with Crippen molar-refractivity contribution in [3.63, 3.8) is 0 Å². The van der Waals surface area contributed by atoms with Gasteiger partial charge in [-0.05, 0) is 65.4 Å². The van der Waals surface area contributed by atoms with Crippen LogP contribution in [0.1, 0.15) is 20.8 Å². The van der Waals surface area contributed by atoms with E-state index in [4.69, 9.17) is 0 Å². The Morgan fingerprint density at radius 1 is 1.21 bits per heavy atom. The number of hydrogen-bond donors (Lipinski definition) is 1. The van der Waals surface area contributed by atoms with Gasteiger partial charge >= 0.3 is 0 Å². The molecule has 0 aliphatic carbocycles. The predicted octanol–water partition coefficient (Wildman–Crippen LogP) is 4.81. The maximum Gasteiger partial charge on any atom is 0.266 e. The van der Waals surface area contributed by atoms with Crippen LogP contribution in [0.4, 0.5) is 10.1 Å². The highest BCUT2D eigenvalue weighted by Crippen LogP contribution is 2.28. The zero-order valence-electron chi connectivity index (χ0n) is 15.3. The Morgan fingerprint density at radius 2 is 1.93 bits per heavy atom. The highest BCUT2D eigenvalue weighted by atomic mass is 127. The number of carbonyl (C=O) groups excluding carboxylic acids is 1. The number of nitrogens with zero attached hydrogens (tertiary/aromatic N) is 2. The van der Waals surface area contributed by atoms with Gasteiger partial charge in [0, 0.05) is 14.8 Å². The number of nitrogens with one attached hydrogen (secondary N) is 1. The van der Waals surface area contributed by atoms with Crippen LogP contribution in [0, 0.1) is 16.3 Å². The number of thiophene rings is 1. The van der Waals surface area contributed by atoms with Gasteiger partial charge in [0.2, 0.25) is 0 Å². The number of fused-ring (bicyclic) bond motifs is 1. The Labute approximate surface area is 183 Å². The number of amides is 1. The van der Waals surface area contributed by atoms with Gasteiger partial charge in [-0.2, -0.15) is 0 Å². The van der Waals surface area contributed by atoms with Crippen LogP contribution < -0.4 is 10.9 Å². The first-order chi connectivity index (χ1) is 13.9. The van der Waals surface area contributed by atoms with Crippen molar-refractivity contribution < 1.29 is 9.18 Å². The summed E-state index contributed by atoms with van der Waals surface area (Å²) in [5.74, 6) is -0.661. The molecule has 0 spiro atoms. The van der Waals surface area contributed by atoms with E-state index in [0.29, 0.717) is 31.9 Å². The van der Waals surface area contributed by atoms with E-state index in [-0.39, 0.29) is 23.8 Å². The van der Waals surface area contributed by atoms with E-state index in [0.717, 1.165) is 3.57 Å². The second-order valence-electron chi connectivity index (χ2n) is 6.47. The standard InChI is InChI=1S/C21H15FIN3O2S/c1-12-17-20(29-18(12)19(27)25-15-8-6-14(23)7-9-15)24-11-26(21(17)28)10-13-4-2-3-5-16(13)22/h2-9,11H,10H2,1H3,(H,25,27). The lowest BCUT2D eigenvalue weighted by atomic mass is 10.2. The van der Waals surface area contributed by atoms with Crippen molar-refractivity contribution in [1.29, 1.82) is 0 Å². The van der Waals surface area contributed by atoms with E-state index in [1.807, 2.05) is 24.3 Å². The zero-order chi connectivity index (χ0) is 20.5. The molecule has 0 aliphatic rings. The number of halogens is 2. The van der Waals surface area contributed by atoms with Gasteiger partial charge in [-0.15, -0.1) is 11.3 Å². The summed E-state index contributed by atoms with van der Waals surface area (Å²) in [7, 11) is 0. The number of anilines is 1. The summed E-state index contributed by atoms with van der Waals surface area (Å²) in [6, 6.07) is 13.8. The average molecular weight is 519 g/mol. The van der Waals surface area contributed by atoms with Crippen LogP contribution in [0.25, 0.3) is 10.2 Å². The monoisotopic (exact) mass is 519 g/mol. The summed E-state index contributed by atoms with van der Waals surface area (Å²) in [4.78, 5) is 31.0. The van der Waals surface area contributed by atoms with Crippen molar-refractivity contribution in [2.45, 2.75) is 13.5 Å². The van der Waals surface area contributed by atoms with E-state index in [1.54, 1.807) is 25.1 Å². The fourth-order valence-electron chi connectivity index (χ4n) is 3.02. The molecule has 0 fully saturated rings. The second kappa shape index (κ2) is 8.03. The van der Waals surface area contributed by atoms with Gasteiger partial charge in [-0.25, -0.2) is 9.37 Å². The minimum atomic E-state index is -0.376. The van der Waals surface area contributed by atoms with Crippen molar-refractivity contribution in [3.8, 4) is 0 Å². The first-order valence-electron chi connectivity index (χ1n) is 8.73. The molecule has 5 nitrogen and oxygen atoms in total. The smallest absolute Gasteiger partial charge is 0.266 e. The molecule has 0 saturated heterocycles. The van der Waals surface area contributed by atoms with Crippen LogP contribution in [0.3, 0.4) is 0 Å². The largest absolute Gasteiger partial charge is 0.321 e. The average Bonchev–Trinajstić information content (AvgIpc) is 3.05. The van der Waals surface area contributed by atoms with Crippen molar-refractivity contribution >= 4 is 55.7 Å². The number of rotatable bonds is 4. The lowest BCUT2D eigenvalue weighted by molar-refractivity contribution is 0.103. The molecule has 2 aromatic carbocycles. The van der Waals surface area contributed by atoms with Crippen molar-refractivity contribution in [2.24, 2.45) is 0 Å². The van der Waals surface area contributed by atoms with E-state index in [2.05, 4.69) is 32.9 Å². The summed E-state index contributed by atoms with van der Waals surface area (Å²) in [6.45, 7) is 1.81. The number of benzene rings is 2. The van der Waals surface area contributed by atoms with Crippen molar-refractivity contribution in [2.75, 3.05) is 5.32 Å². The third kappa shape index (κ3) is 3.95. The number of aryl methyl sites for hydroxylation is 1. The van der Waals surface area contributed by atoms with E-state index in [1.165, 1.54) is 28.3 Å². The van der Waals surface area contributed by atoms with Gasteiger partial charge in [0.15, 0.2) is 0 Å². The van der Waals surface area contributed by atoms with Gasteiger partial charge in [0.25, 0.3) is 11.5 Å². The third-order valence-electron chi connectivity index (χ3n) is 4.52. The molecule has 0 atom stereocenters. The summed E-state index contributed by atoms with van der Waals surface area (Å²) in [6.07, 6.45) is 1.40. The Hall–Kier alpha value is -2.59. The molecule has 1 amide bonds. The topological polar surface area (TPSA) is 64.0 Å². The molecule has 1 N–H and O–H groups in total. The van der Waals surface area contributed by atoms with E-state index in [9.17, 15) is 14.0 Å². The number of carbonyl (C=O) groups is 1. The molecule has 29 heavy (non-hydrogen) atoms. The molecule has 4 rings (SSSR count). The summed E-state index contributed by atoms with van der Waals surface area (Å²) in [5.41, 5.74) is 1.37. The molecule has 2 aromatic heterocycles. The fraction of sp³-hybridized carbons (Fsp3) is 0.0952. The highest BCUT2D eigenvalue weighted by Gasteiger charge is 2.20. The summed E-state index contributed by atoms with van der Waals surface area (Å²) >= 11 is 3.37. The lowest BCUT2D eigenvalue weighted by Gasteiger charge is -2.06. The van der Waals surface area contributed by atoms with Crippen LogP contribution in [-0.4, -0.2) is 15.5 Å². The molecule has 0 radical (unpaired) electrons. The van der Waals surface area contributed by atoms with Crippen LogP contribution in [-0.2, 0) is 6.54 Å². The molecule has 0 saturated carbocycles. The minimum absolute atomic E-state index is 0.0773. The molecule has 2 heterocycles. The number of aromatic nitrogens is 2. The predicted molar refractivity (Wildman–Crippen MR) is 121 cm³/mol. The molecular formula is C21H15FIN3O2S. The van der Waals surface area contributed by atoms with E-state index >= 15 is 0 Å². The zero-order valence-corrected chi connectivity index (χ0v) is 18.3. The lowest BCUT2D eigenvalue weighted by Crippen LogP contribution is -2.21. The molecule has 0 bridgehead atoms. The van der Waals surface area contributed by atoms with Gasteiger partial charge in [-0.3, -0.25) is 14.2 Å². The third-order valence-corrected chi connectivity index (χ3v) is 6.44. The van der Waals surface area contributed by atoms with Crippen LogP contribution in [0.5, 0.6) is 0 Å². The molecule has 0 aliphatic heterocycles. The van der Waals surface area contributed by atoms with E-state index < -0.39 is 0 Å². The van der Waals surface area contributed by atoms with Crippen molar-refractivity contribution in [3.05, 3.63) is 90.6 Å². The van der Waals surface area contributed by atoms with Crippen LogP contribution >= 0.6 is 33.9 Å². The quantitative estimate of drug-likeness (QED) is 0.394. The second-order valence-corrected chi connectivity index (χ2v) is 8.71. The first kappa shape index (κ1) is 19.7. The highest BCUT2D eigenvalue weighted by molar-refractivity contribution is 14.1. The minimum Gasteiger partial charge on any atom is -0.321 e. The maximum absolute atomic E-state index is 14.0. The number of hydrogen-bond acceptors (Lipinski definition) is 4.